The fourth-order valence-corrected chi connectivity index (χ4v) is 4.84. The minimum Gasteiger partial charge on any atom is -0.465 e. The first-order chi connectivity index (χ1) is 12.4. The molecule has 0 radical (unpaired) electrons. The van der Waals surface area contributed by atoms with Crippen molar-refractivity contribution in [2.75, 3.05) is 0 Å². The molecule has 0 saturated heterocycles. The lowest BCUT2D eigenvalue weighted by atomic mass is 9.92. The van der Waals surface area contributed by atoms with Crippen molar-refractivity contribution in [3.63, 3.8) is 0 Å². The second-order valence-electron chi connectivity index (χ2n) is 8.80. The number of nitrogens with zero attached hydrogens (tertiary/aromatic N) is 2. The van der Waals surface area contributed by atoms with Crippen LogP contribution in [0.1, 0.15) is 85.0 Å². The Morgan fingerprint density at radius 1 is 0.923 bits per heavy atom. The second kappa shape index (κ2) is 8.77. The van der Waals surface area contributed by atoms with Gasteiger partial charge in [0.05, 0.1) is 6.04 Å². The summed E-state index contributed by atoms with van der Waals surface area (Å²) in [6.45, 7) is 6.72. The summed E-state index contributed by atoms with van der Waals surface area (Å²) >= 11 is 1.89. The van der Waals surface area contributed by atoms with Crippen molar-refractivity contribution < 1.29 is 4.74 Å². The number of ether oxygens (including phenoxy) is 1. The highest BCUT2D eigenvalue weighted by atomic mass is 32.2. The molecule has 1 aromatic carbocycles. The molecule has 3 nitrogen and oxygen atoms in total. The Balaban J connectivity index is 1.68. The van der Waals surface area contributed by atoms with Crippen molar-refractivity contribution in [1.82, 2.24) is 0 Å². The van der Waals surface area contributed by atoms with E-state index in [2.05, 4.69) is 45.0 Å². The van der Waals surface area contributed by atoms with Gasteiger partial charge in [-0.25, -0.2) is 0 Å². The van der Waals surface area contributed by atoms with Gasteiger partial charge in [0, 0.05) is 22.5 Å². The van der Waals surface area contributed by atoms with Crippen LogP contribution in [0.15, 0.2) is 39.4 Å². The zero-order valence-electron chi connectivity index (χ0n) is 16.7. The van der Waals surface area contributed by atoms with Crippen LogP contribution in [0.5, 0.6) is 5.75 Å². The Morgan fingerprint density at radius 2 is 1.54 bits per heavy atom. The van der Waals surface area contributed by atoms with Crippen LogP contribution in [0.4, 0.5) is 0 Å². The standard InChI is InChI=1S/C22H34N2OS/c1-21(2,3)26-20-14-12-19(13-15-20)25-22(16-8-5-9-17-22)24-23-18-10-6-4-7-11-18/h12-15,18H,4-11,16-17H2,1-3H3/b24-23+. The van der Waals surface area contributed by atoms with E-state index < -0.39 is 5.72 Å². The third-order valence-electron chi connectivity index (χ3n) is 5.17. The molecule has 0 bridgehead atoms. The highest BCUT2D eigenvalue weighted by molar-refractivity contribution is 8.00. The van der Waals surface area contributed by atoms with Crippen molar-refractivity contribution in [2.24, 2.45) is 10.2 Å². The number of rotatable bonds is 5. The van der Waals surface area contributed by atoms with Crippen LogP contribution in [0.25, 0.3) is 0 Å². The molecule has 1 aromatic rings. The Labute approximate surface area is 163 Å². The minimum absolute atomic E-state index is 0.223. The van der Waals surface area contributed by atoms with Crippen molar-refractivity contribution in [3.05, 3.63) is 24.3 Å². The smallest absolute Gasteiger partial charge is 0.218 e. The largest absolute Gasteiger partial charge is 0.465 e. The summed E-state index contributed by atoms with van der Waals surface area (Å²) < 4.78 is 6.67. The van der Waals surface area contributed by atoms with E-state index in [1.54, 1.807) is 0 Å². The van der Waals surface area contributed by atoms with Gasteiger partial charge < -0.3 is 4.74 Å². The van der Waals surface area contributed by atoms with Gasteiger partial charge in [0.25, 0.3) is 0 Å². The van der Waals surface area contributed by atoms with Gasteiger partial charge in [-0.2, -0.15) is 5.11 Å². The number of hydrogen-bond acceptors (Lipinski definition) is 4. The zero-order valence-corrected chi connectivity index (χ0v) is 17.5. The molecule has 0 N–H and O–H groups in total. The number of azo groups is 1. The number of thioether (sulfide) groups is 1. The first-order valence-electron chi connectivity index (χ1n) is 10.3. The maximum absolute atomic E-state index is 6.45. The number of hydrogen-bond donors (Lipinski definition) is 0. The lowest BCUT2D eigenvalue weighted by Crippen LogP contribution is -2.36. The van der Waals surface area contributed by atoms with Crippen LogP contribution in [-0.2, 0) is 0 Å². The predicted octanol–water partition coefficient (Wildman–Crippen LogP) is 7.40. The van der Waals surface area contributed by atoms with Gasteiger partial charge in [-0.1, -0.05) is 46.5 Å². The van der Waals surface area contributed by atoms with Crippen LogP contribution >= 0.6 is 11.8 Å². The average molecular weight is 375 g/mol. The Kier molecular flexibility index (Phi) is 6.65. The summed E-state index contributed by atoms with van der Waals surface area (Å²) in [6, 6.07) is 8.94. The first-order valence-corrected chi connectivity index (χ1v) is 11.2. The predicted molar refractivity (Wildman–Crippen MR) is 110 cm³/mol. The number of benzene rings is 1. The summed E-state index contributed by atoms with van der Waals surface area (Å²) in [5.74, 6) is 0.924. The van der Waals surface area contributed by atoms with Crippen LogP contribution in [0.3, 0.4) is 0 Å². The Morgan fingerprint density at radius 3 is 2.15 bits per heavy atom. The van der Waals surface area contributed by atoms with Gasteiger partial charge in [0.2, 0.25) is 5.72 Å². The highest BCUT2D eigenvalue weighted by Crippen LogP contribution is 2.37. The monoisotopic (exact) mass is 374 g/mol. The summed E-state index contributed by atoms with van der Waals surface area (Å²) in [6.07, 6.45) is 12.0. The Hall–Kier alpha value is -1.03. The molecule has 0 aromatic heterocycles. The fourth-order valence-electron chi connectivity index (χ4n) is 3.86. The molecule has 0 aliphatic heterocycles. The van der Waals surface area contributed by atoms with E-state index in [4.69, 9.17) is 15.0 Å². The SMILES string of the molecule is CC(C)(C)Sc1ccc(OC2(/N=N/C3CCCCC3)CCCCC2)cc1. The second-order valence-corrected chi connectivity index (χ2v) is 10.7. The van der Waals surface area contributed by atoms with Gasteiger partial charge in [-0.05, 0) is 49.9 Å². The van der Waals surface area contributed by atoms with E-state index in [1.165, 1.54) is 56.3 Å². The average Bonchev–Trinajstić information content (AvgIpc) is 2.62. The lowest BCUT2D eigenvalue weighted by Gasteiger charge is -2.33. The molecule has 144 valence electrons. The normalized spacial score (nSPS) is 21.8. The van der Waals surface area contributed by atoms with E-state index in [-0.39, 0.29) is 4.75 Å². The summed E-state index contributed by atoms with van der Waals surface area (Å²) in [4.78, 5) is 1.28. The Bertz CT molecular complexity index is 579. The van der Waals surface area contributed by atoms with Crippen LogP contribution in [0, 0.1) is 0 Å². The molecule has 0 unspecified atom stereocenters. The quantitative estimate of drug-likeness (QED) is 0.397. The lowest BCUT2D eigenvalue weighted by molar-refractivity contribution is 0.0296. The first kappa shape index (κ1) is 19.7. The van der Waals surface area contributed by atoms with E-state index in [9.17, 15) is 0 Å². The molecule has 26 heavy (non-hydrogen) atoms. The van der Waals surface area contributed by atoms with Gasteiger partial charge in [-0.15, -0.1) is 16.9 Å². The van der Waals surface area contributed by atoms with Crippen LogP contribution < -0.4 is 4.74 Å². The third kappa shape index (κ3) is 6.00. The van der Waals surface area contributed by atoms with Gasteiger partial charge in [0.15, 0.2) is 0 Å². The topological polar surface area (TPSA) is 34.0 Å². The molecule has 0 amide bonds. The van der Waals surface area contributed by atoms with Gasteiger partial charge in [-0.3, -0.25) is 0 Å². The van der Waals surface area contributed by atoms with Crippen molar-refractivity contribution in [2.45, 2.75) is 106 Å². The van der Waals surface area contributed by atoms with Gasteiger partial charge >= 0.3 is 0 Å². The molecule has 0 heterocycles. The maximum Gasteiger partial charge on any atom is 0.218 e. The molecule has 2 fully saturated rings. The molecule has 2 aliphatic rings. The molecular weight excluding hydrogens is 340 g/mol. The molecular formula is C22H34N2OS. The molecule has 0 spiro atoms. The maximum atomic E-state index is 6.45. The fraction of sp³-hybridized carbons (Fsp3) is 0.727. The zero-order chi connectivity index (χ0) is 18.5. The molecule has 0 atom stereocenters. The molecule has 2 aliphatic carbocycles. The minimum atomic E-state index is -0.436. The molecule has 2 saturated carbocycles. The van der Waals surface area contributed by atoms with E-state index in [0.29, 0.717) is 6.04 Å². The summed E-state index contributed by atoms with van der Waals surface area (Å²) in [5.41, 5.74) is -0.436. The highest BCUT2D eigenvalue weighted by Gasteiger charge is 2.35. The van der Waals surface area contributed by atoms with Crippen molar-refractivity contribution >= 4 is 11.8 Å². The van der Waals surface area contributed by atoms with E-state index in [1.807, 2.05) is 11.8 Å². The van der Waals surface area contributed by atoms with E-state index in [0.717, 1.165) is 18.6 Å². The van der Waals surface area contributed by atoms with Crippen molar-refractivity contribution in [3.8, 4) is 5.75 Å². The molecule has 4 heteroatoms. The summed E-state index contributed by atoms with van der Waals surface area (Å²) in [7, 11) is 0. The van der Waals surface area contributed by atoms with E-state index >= 15 is 0 Å². The third-order valence-corrected chi connectivity index (χ3v) is 6.29. The van der Waals surface area contributed by atoms with Gasteiger partial charge in [0.1, 0.15) is 5.75 Å². The molecule has 3 rings (SSSR count). The van der Waals surface area contributed by atoms with Crippen LogP contribution in [0.2, 0.25) is 0 Å². The summed E-state index contributed by atoms with van der Waals surface area (Å²) in [5, 5.41) is 9.55. The van der Waals surface area contributed by atoms with Crippen molar-refractivity contribution in [1.29, 1.82) is 0 Å². The van der Waals surface area contributed by atoms with Crippen LogP contribution in [-0.4, -0.2) is 16.5 Å².